The molecule has 1 heterocycles. The Morgan fingerprint density at radius 2 is 1.79 bits per heavy atom. The van der Waals surface area contributed by atoms with Crippen molar-refractivity contribution >= 4 is 29.9 Å². The molecule has 3 aliphatic rings. The molecule has 5 unspecified atom stereocenters. The van der Waals surface area contributed by atoms with Gasteiger partial charge in [-0.15, -0.1) is 24.0 Å². The van der Waals surface area contributed by atoms with Crippen molar-refractivity contribution in [3.63, 3.8) is 0 Å². The maximum atomic E-state index is 5.92. The summed E-state index contributed by atoms with van der Waals surface area (Å²) in [6.07, 6.45) is 5.50. The molecule has 0 aromatic rings. The summed E-state index contributed by atoms with van der Waals surface area (Å²) in [6.45, 7) is 13.3. The van der Waals surface area contributed by atoms with Crippen molar-refractivity contribution in [2.45, 2.75) is 78.5 Å². The second-order valence-corrected chi connectivity index (χ2v) is 8.77. The third-order valence-electron chi connectivity index (χ3n) is 6.23. The van der Waals surface area contributed by atoms with Crippen molar-refractivity contribution in [1.82, 2.24) is 10.6 Å². The van der Waals surface area contributed by atoms with E-state index in [1.54, 1.807) is 0 Å². The number of rotatable bonds is 3. The highest BCUT2D eigenvalue weighted by atomic mass is 127. The van der Waals surface area contributed by atoms with Crippen LogP contribution in [-0.4, -0.2) is 37.3 Å². The van der Waals surface area contributed by atoms with Crippen molar-refractivity contribution in [3.8, 4) is 0 Å². The Bertz CT molecular complexity index is 444. The molecule has 3 rings (SSSR count). The highest BCUT2D eigenvalue weighted by Gasteiger charge is 2.59. The predicted octanol–water partition coefficient (Wildman–Crippen LogP) is 3.80. The van der Waals surface area contributed by atoms with Gasteiger partial charge in [0.05, 0.1) is 6.10 Å². The van der Waals surface area contributed by atoms with Crippen molar-refractivity contribution in [1.29, 1.82) is 0 Å². The maximum absolute atomic E-state index is 5.92. The first-order valence-electron chi connectivity index (χ1n) is 9.61. The molecule has 140 valence electrons. The average molecular weight is 449 g/mol. The van der Waals surface area contributed by atoms with Crippen LogP contribution in [0.15, 0.2) is 4.99 Å². The minimum Gasteiger partial charge on any atom is -0.377 e. The van der Waals surface area contributed by atoms with E-state index < -0.39 is 0 Å². The SMILES string of the molecule is CCN=C(NC1CC(C)CC(C)C1)NC1C2CCOC2C1(C)C.I. The van der Waals surface area contributed by atoms with E-state index in [2.05, 4.69) is 45.3 Å². The lowest BCUT2D eigenvalue weighted by atomic mass is 9.57. The molecule has 2 aliphatic carbocycles. The summed E-state index contributed by atoms with van der Waals surface area (Å²) < 4.78 is 5.92. The van der Waals surface area contributed by atoms with Crippen LogP contribution in [0.2, 0.25) is 0 Å². The molecule has 2 saturated carbocycles. The molecule has 1 saturated heterocycles. The van der Waals surface area contributed by atoms with Gasteiger partial charge in [-0.05, 0) is 44.4 Å². The van der Waals surface area contributed by atoms with Gasteiger partial charge in [-0.1, -0.05) is 27.7 Å². The minimum absolute atomic E-state index is 0. The van der Waals surface area contributed by atoms with Gasteiger partial charge < -0.3 is 15.4 Å². The molecular formula is C19H36IN3O. The smallest absolute Gasteiger partial charge is 0.191 e. The second-order valence-electron chi connectivity index (χ2n) is 8.77. The van der Waals surface area contributed by atoms with Gasteiger partial charge >= 0.3 is 0 Å². The molecule has 3 fully saturated rings. The summed E-state index contributed by atoms with van der Waals surface area (Å²) in [5, 5.41) is 7.48. The normalized spacial score (nSPS) is 41.0. The Hall–Kier alpha value is -0.0400. The number of guanidine groups is 1. The van der Waals surface area contributed by atoms with Crippen molar-refractivity contribution in [3.05, 3.63) is 0 Å². The van der Waals surface area contributed by atoms with E-state index >= 15 is 0 Å². The van der Waals surface area contributed by atoms with Gasteiger partial charge in [-0.2, -0.15) is 0 Å². The summed E-state index contributed by atoms with van der Waals surface area (Å²) in [5.41, 5.74) is 0.199. The molecule has 0 bridgehead atoms. The maximum Gasteiger partial charge on any atom is 0.191 e. The fraction of sp³-hybridized carbons (Fsp3) is 0.947. The molecule has 0 radical (unpaired) electrons. The van der Waals surface area contributed by atoms with E-state index in [4.69, 9.17) is 9.73 Å². The van der Waals surface area contributed by atoms with Crippen LogP contribution < -0.4 is 10.6 Å². The van der Waals surface area contributed by atoms with Crippen LogP contribution in [0.25, 0.3) is 0 Å². The Kier molecular flexibility index (Phi) is 6.85. The highest BCUT2D eigenvalue weighted by molar-refractivity contribution is 14.0. The monoisotopic (exact) mass is 449 g/mol. The van der Waals surface area contributed by atoms with Crippen LogP contribution >= 0.6 is 24.0 Å². The van der Waals surface area contributed by atoms with Crippen molar-refractivity contribution in [2.24, 2.45) is 28.2 Å². The molecular weight excluding hydrogens is 413 g/mol. The van der Waals surface area contributed by atoms with Crippen LogP contribution in [0.1, 0.15) is 60.3 Å². The number of halogens is 1. The number of nitrogens with one attached hydrogen (secondary N) is 2. The third-order valence-corrected chi connectivity index (χ3v) is 6.23. The van der Waals surface area contributed by atoms with E-state index in [0.29, 0.717) is 24.1 Å². The number of hydrogen-bond acceptors (Lipinski definition) is 2. The van der Waals surface area contributed by atoms with Crippen molar-refractivity contribution < 1.29 is 4.74 Å². The fourth-order valence-electron chi connectivity index (χ4n) is 5.31. The van der Waals surface area contributed by atoms with Crippen LogP contribution in [0.3, 0.4) is 0 Å². The van der Waals surface area contributed by atoms with Gasteiger partial charge in [-0.25, -0.2) is 0 Å². The van der Waals surface area contributed by atoms with Gasteiger partial charge in [0.15, 0.2) is 5.96 Å². The zero-order valence-corrected chi connectivity index (χ0v) is 18.3. The predicted molar refractivity (Wildman–Crippen MR) is 111 cm³/mol. The van der Waals surface area contributed by atoms with E-state index in [-0.39, 0.29) is 29.4 Å². The van der Waals surface area contributed by atoms with Gasteiger partial charge in [0.1, 0.15) is 0 Å². The minimum atomic E-state index is 0. The summed E-state index contributed by atoms with van der Waals surface area (Å²) >= 11 is 0. The molecule has 0 amide bonds. The van der Waals surface area contributed by atoms with Crippen LogP contribution in [0.5, 0.6) is 0 Å². The van der Waals surface area contributed by atoms with E-state index in [1.807, 2.05) is 0 Å². The summed E-state index contributed by atoms with van der Waals surface area (Å²) in [7, 11) is 0. The number of fused-ring (bicyclic) bond motifs is 1. The molecule has 24 heavy (non-hydrogen) atoms. The summed E-state index contributed by atoms with van der Waals surface area (Å²) in [4.78, 5) is 4.72. The quantitative estimate of drug-likeness (QED) is 0.392. The van der Waals surface area contributed by atoms with Gasteiger partial charge in [0.2, 0.25) is 0 Å². The van der Waals surface area contributed by atoms with E-state index in [9.17, 15) is 0 Å². The lowest BCUT2D eigenvalue weighted by Crippen LogP contribution is -2.68. The fourth-order valence-corrected chi connectivity index (χ4v) is 5.31. The molecule has 0 spiro atoms. The number of aliphatic imine (C=N–C) groups is 1. The lowest BCUT2D eigenvalue weighted by Gasteiger charge is -2.55. The Labute approximate surface area is 165 Å². The van der Waals surface area contributed by atoms with Crippen LogP contribution in [0.4, 0.5) is 0 Å². The first kappa shape index (κ1) is 20.3. The number of hydrogen-bond donors (Lipinski definition) is 2. The zero-order chi connectivity index (χ0) is 16.6. The standard InChI is InChI=1S/C19H35N3O.HI/c1-6-20-18(21-14-10-12(2)9-13(3)11-14)22-16-15-7-8-23-17(15)19(16,4)5;/h12-17H,6-11H2,1-5H3,(H2,20,21,22);1H. The average Bonchev–Trinajstić information content (AvgIpc) is 2.90. The van der Waals surface area contributed by atoms with Crippen molar-refractivity contribution in [2.75, 3.05) is 13.2 Å². The zero-order valence-electron chi connectivity index (χ0n) is 16.0. The van der Waals surface area contributed by atoms with Gasteiger partial charge in [0.25, 0.3) is 0 Å². The molecule has 0 aromatic heterocycles. The second kappa shape index (κ2) is 8.11. The van der Waals surface area contributed by atoms with Gasteiger partial charge in [-0.3, -0.25) is 4.99 Å². The largest absolute Gasteiger partial charge is 0.377 e. The molecule has 1 aliphatic heterocycles. The third kappa shape index (κ3) is 4.02. The summed E-state index contributed by atoms with van der Waals surface area (Å²) in [5.74, 6) is 3.29. The van der Waals surface area contributed by atoms with Gasteiger partial charge in [0, 0.05) is 36.6 Å². The topological polar surface area (TPSA) is 45.7 Å². The summed E-state index contributed by atoms with van der Waals surface area (Å²) in [6, 6.07) is 1.04. The Balaban J connectivity index is 0.00000208. The van der Waals surface area contributed by atoms with Crippen LogP contribution in [-0.2, 0) is 4.74 Å². The number of nitrogens with zero attached hydrogens (tertiary/aromatic N) is 1. The number of ether oxygens (including phenoxy) is 1. The Morgan fingerprint density at radius 3 is 2.42 bits per heavy atom. The Morgan fingerprint density at radius 1 is 1.12 bits per heavy atom. The van der Waals surface area contributed by atoms with E-state index in [0.717, 1.165) is 30.9 Å². The molecule has 0 aromatic carbocycles. The first-order valence-corrected chi connectivity index (χ1v) is 9.61. The first-order chi connectivity index (χ1) is 10.9. The van der Waals surface area contributed by atoms with E-state index in [1.165, 1.54) is 25.7 Å². The lowest BCUT2D eigenvalue weighted by molar-refractivity contribution is -0.106. The molecule has 4 nitrogen and oxygen atoms in total. The highest BCUT2D eigenvalue weighted by Crippen LogP contribution is 2.52. The van der Waals surface area contributed by atoms with Crippen LogP contribution in [0, 0.1) is 23.2 Å². The molecule has 2 N–H and O–H groups in total. The molecule has 5 heteroatoms. The molecule has 5 atom stereocenters.